The van der Waals surface area contributed by atoms with Crippen LogP contribution in [0.15, 0.2) is 152 Å². The van der Waals surface area contributed by atoms with Gasteiger partial charge in [0.2, 0.25) is 4.91 Å². The molecule has 0 spiro atoms. The molecule has 1 N–H and O–H groups in total. The highest BCUT2D eigenvalue weighted by Gasteiger charge is 2.65. The fourth-order valence-corrected chi connectivity index (χ4v) is 20.7. The lowest BCUT2D eigenvalue weighted by atomic mass is 9.72. The number of hydrogen-bond acceptors (Lipinski definition) is 19. The number of thioether (sulfide) groups is 1. The van der Waals surface area contributed by atoms with Crippen LogP contribution in [0.3, 0.4) is 0 Å². The molecule has 90 heavy (non-hydrogen) atoms. The third-order valence-corrected chi connectivity index (χ3v) is 25.8. The minimum absolute atomic E-state index is 0.0742. The molecule has 0 amide bonds. The van der Waals surface area contributed by atoms with E-state index in [4.69, 9.17) is 46.0 Å². The van der Waals surface area contributed by atoms with Crippen molar-refractivity contribution in [1.29, 1.82) is 16.1 Å². The molecule has 0 radical (unpaired) electrons. The van der Waals surface area contributed by atoms with E-state index in [1.807, 2.05) is 33.7 Å². The summed E-state index contributed by atoms with van der Waals surface area (Å²) >= 11 is 1.64. The SMILES string of the molecule is CO[Si](OC)(OC)O[Si]1(CCCN=[N+]=N)OCCN(c2ccc(/C=C/C3=C(Sc4ccc(C(C)(C)C)cc4)C(/C=C/C=C/C4=C(C#N)C(=C(\C#N)C(=O)OCCOC(=O)CCCCC5CCSS5)/OC4(c4ccccc4)C(F)(F)F)CC(C)(C)C3)cc2)CCO1. The van der Waals surface area contributed by atoms with Gasteiger partial charge in [0, 0.05) is 85.5 Å². The molecule has 17 nitrogen and oxygen atoms in total. The number of anilines is 1. The minimum atomic E-state index is -5.23. The number of alkyl halides is 3. The third kappa shape index (κ3) is 18.8. The number of ether oxygens (including phenoxy) is 3. The molecule has 3 aromatic carbocycles. The standard InChI is InChI=1S/C65H80F3N6O11S3Si2/c1-62(2,3)50-27-31-53(32-28-50)87-60-48(43-63(4,5)44-49(60)26-23-47-24-29-52(30-25-47)74-35-37-82-89(83-38-36-74,42-16-34-72-73-71)85-90(77-6,78-7)79-8)17-12-14-21-57-55(45-69)59(84-64(57,65(66,67)68)51-18-10-9-11-19-51)56(46-70)61(76)81-40-39-80-58(75)22-15-13-20-54-33-41-86-88-54/h9-12,14,17-19,21,23-32,48,54,71H,13,15-16,20,22,33-44H2,1-8H3/q+1/b17-12+,21-14+,26-23+,59-56-. The molecule has 0 bridgehead atoms. The number of carbonyl (C=O) groups is 2. The molecule has 7 rings (SSSR count). The minimum Gasteiger partial charge on any atom is -0.465 e. The van der Waals surface area contributed by atoms with Gasteiger partial charge in [0.15, 0.2) is 11.3 Å². The number of rotatable bonds is 27. The second-order valence-corrected chi connectivity index (χ2v) is 32.9. The van der Waals surface area contributed by atoms with Gasteiger partial charge >= 0.3 is 36.0 Å². The molecule has 0 saturated carbocycles. The van der Waals surface area contributed by atoms with Gasteiger partial charge in [0.05, 0.1) is 13.2 Å². The average Bonchev–Trinajstić information content (AvgIpc) is 1.55. The van der Waals surface area contributed by atoms with E-state index in [1.54, 1.807) is 23.9 Å². The molecule has 3 aromatic rings. The van der Waals surface area contributed by atoms with Crippen molar-refractivity contribution >= 4 is 74.9 Å². The zero-order chi connectivity index (χ0) is 65.0. The van der Waals surface area contributed by atoms with Crippen molar-refractivity contribution in [1.82, 2.24) is 4.91 Å². The van der Waals surface area contributed by atoms with Gasteiger partial charge in [-0.1, -0.05) is 165 Å². The van der Waals surface area contributed by atoms with E-state index in [-0.39, 0.29) is 48.6 Å². The van der Waals surface area contributed by atoms with E-state index < -0.39 is 70.7 Å². The molecular formula is C65H80F3N6O11S3Si2+. The Kier molecular flexibility index (Phi) is 26.2. The molecule has 2 fully saturated rings. The smallest absolute Gasteiger partial charge is 0.465 e. The second-order valence-electron chi connectivity index (χ2n) is 23.5. The molecule has 0 aromatic heterocycles. The van der Waals surface area contributed by atoms with Gasteiger partial charge in [-0.05, 0) is 95.2 Å². The molecule has 4 aliphatic rings. The molecule has 3 unspecified atom stereocenters. The Hall–Kier alpha value is -6.04. The van der Waals surface area contributed by atoms with Crippen molar-refractivity contribution in [2.24, 2.45) is 16.4 Å². The zero-order valence-electron chi connectivity index (χ0n) is 52.2. The number of carbonyl (C=O) groups excluding carboxylic acids is 2. The Labute approximate surface area is 540 Å². The van der Waals surface area contributed by atoms with Gasteiger partial charge in [-0.25, -0.2) is 4.79 Å². The number of halogens is 3. The Balaban J connectivity index is 1.15. The topological polar surface area (TPSA) is 218 Å². The van der Waals surface area contributed by atoms with Gasteiger partial charge in [0.1, 0.15) is 48.1 Å². The van der Waals surface area contributed by atoms with Crippen LogP contribution in [0.5, 0.6) is 0 Å². The maximum absolute atomic E-state index is 16.0. The van der Waals surface area contributed by atoms with Crippen molar-refractivity contribution in [3.05, 3.63) is 159 Å². The van der Waals surface area contributed by atoms with Crippen LogP contribution < -0.4 is 9.81 Å². The first-order valence-corrected chi connectivity index (χ1v) is 36.6. The number of unbranched alkanes of at least 4 members (excludes halogenated alkanes) is 1. The molecule has 1 aliphatic carbocycles. The summed E-state index contributed by atoms with van der Waals surface area (Å²) in [5.41, 5.74) is 4.98. The number of hydrogen-bond donors (Lipinski definition) is 1. The predicted molar refractivity (Wildman–Crippen MR) is 347 cm³/mol. The van der Waals surface area contributed by atoms with Crippen molar-refractivity contribution in [2.45, 2.75) is 119 Å². The number of esters is 2. The van der Waals surface area contributed by atoms with Crippen LogP contribution in [-0.2, 0) is 61.1 Å². The Bertz CT molecular complexity index is 3260. The van der Waals surface area contributed by atoms with E-state index in [0.717, 1.165) is 64.1 Å². The lowest BCUT2D eigenvalue weighted by molar-refractivity contribution is -0.249. The fraction of sp³-hybridized carbons (Fsp3) is 0.477. The van der Waals surface area contributed by atoms with Crippen molar-refractivity contribution < 1.29 is 63.2 Å². The lowest BCUT2D eigenvalue weighted by Crippen LogP contribution is -2.61. The maximum atomic E-state index is 16.0. The average molecular weight is 1330 g/mol. The molecule has 3 heterocycles. The molecule has 3 aliphatic heterocycles. The van der Waals surface area contributed by atoms with Gasteiger partial charge < -0.3 is 45.4 Å². The zero-order valence-corrected chi connectivity index (χ0v) is 56.7. The molecule has 25 heteroatoms. The maximum Gasteiger partial charge on any atom is 0.671 e. The van der Waals surface area contributed by atoms with Crippen molar-refractivity contribution in [3.63, 3.8) is 0 Å². The highest BCUT2D eigenvalue weighted by molar-refractivity contribution is 8.77. The molecule has 2 saturated heterocycles. The number of allylic oxidation sites excluding steroid dienone is 7. The van der Waals surface area contributed by atoms with Crippen LogP contribution in [0.25, 0.3) is 6.08 Å². The number of nitrogens with one attached hydrogen (secondary N) is 1. The number of benzene rings is 3. The van der Waals surface area contributed by atoms with Gasteiger partial charge in [-0.3, -0.25) is 4.79 Å². The summed E-state index contributed by atoms with van der Waals surface area (Å²) in [4.78, 5) is 33.4. The monoisotopic (exact) mass is 1330 g/mol. The van der Waals surface area contributed by atoms with Crippen molar-refractivity contribution in [2.75, 3.05) is 78.0 Å². The first-order chi connectivity index (χ1) is 43.1. The van der Waals surface area contributed by atoms with E-state index in [9.17, 15) is 20.1 Å². The van der Waals surface area contributed by atoms with E-state index in [1.165, 1.54) is 63.3 Å². The molecular weight excluding hydrogens is 1250 g/mol. The molecule has 482 valence electrons. The van der Waals surface area contributed by atoms with Crippen LogP contribution in [-0.4, -0.2) is 114 Å². The van der Waals surface area contributed by atoms with Crippen LogP contribution in [0, 0.1) is 39.5 Å². The molecule has 3 atom stereocenters. The summed E-state index contributed by atoms with van der Waals surface area (Å²) in [6, 6.07) is 27.3. The lowest BCUT2D eigenvalue weighted by Gasteiger charge is -2.38. The van der Waals surface area contributed by atoms with Crippen LogP contribution in [0.4, 0.5) is 18.9 Å². The first-order valence-electron chi connectivity index (χ1n) is 29.9. The van der Waals surface area contributed by atoms with Crippen molar-refractivity contribution in [3.8, 4) is 12.1 Å². The normalized spacial score (nSPS) is 21.2. The summed E-state index contributed by atoms with van der Waals surface area (Å²) in [7, 11) is 1.08. The second kappa shape index (κ2) is 33.0. The number of nitriles is 2. The largest absolute Gasteiger partial charge is 0.671 e. The Morgan fingerprint density at radius 2 is 1.60 bits per heavy atom. The van der Waals surface area contributed by atoms with Gasteiger partial charge in [-0.15, -0.1) is 0 Å². The van der Waals surface area contributed by atoms with Gasteiger partial charge in [0.25, 0.3) is 5.60 Å². The van der Waals surface area contributed by atoms with Crippen LogP contribution >= 0.6 is 33.3 Å². The van der Waals surface area contributed by atoms with E-state index >= 15 is 13.2 Å². The van der Waals surface area contributed by atoms with Crippen LogP contribution in [0.2, 0.25) is 6.04 Å². The summed E-state index contributed by atoms with van der Waals surface area (Å²) in [6.45, 7) is 11.9. The van der Waals surface area contributed by atoms with Crippen LogP contribution in [0.1, 0.15) is 103 Å². The summed E-state index contributed by atoms with van der Waals surface area (Å²) in [5, 5.41) is 25.4. The van der Waals surface area contributed by atoms with Gasteiger partial charge in [-0.2, -0.15) is 23.7 Å². The third-order valence-electron chi connectivity index (χ3n) is 15.5. The quantitative estimate of drug-likeness (QED) is 0.00863. The number of nitrogens with zero attached hydrogens (tertiary/aromatic N) is 5. The highest BCUT2D eigenvalue weighted by atomic mass is 33.1. The predicted octanol–water partition coefficient (Wildman–Crippen LogP) is 14.6. The summed E-state index contributed by atoms with van der Waals surface area (Å²) < 4.78 is 100. The fourth-order valence-electron chi connectivity index (χ4n) is 10.9. The Morgan fingerprint density at radius 1 is 0.911 bits per heavy atom. The van der Waals surface area contributed by atoms with E-state index in [0.29, 0.717) is 50.2 Å². The summed E-state index contributed by atoms with van der Waals surface area (Å²) in [5.74, 6) is -1.82. The summed E-state index contributed by atoms with van der Waals surface area (Å²) in [6.07, 6.45) is 10.9. The Morgan fingerprint density at radius 3 is 2.21 bits per heavy atom. The van der Waals surface area contributed by atoms with E-state index in [2.05, 4.69) is 110 Å². The first kappa shape index (κ1) is 71.4. The highest BCUT2D eigenvalue weighted by Crippen LogP contribution is 2.56.